The number of hydrogen-bond donors (Lipinski definition) is 0. The van der Waals surface area contributed by atoms with Gasteiger partial charge in [-0.2, -0.15) is 0 Å². The van der Waals surface area contributed by atoms with Gasteiger partial charge in [-0.3, -0.25) is 20.2 Å². The molecule has 0 aliphatic heterocycles. The summed E-state index contributed by atoms with van der Waals surface area (Å²) in [6, 6.07) is 30.0. The predicted molar refractivity (Wildman–Crippen MR) is 188 cm³/mol. The van der Waals surface area contributed by atoms with Crippen molar-refractivity contribution in [2.75, 3.05) is 14.2 Å². The molecule has 0 aliphatic rings. The van der Waals surface area contributed by atoms with Gasteiger partial charge in [0.25, 0.3) is 0 Å². The minimum atomic E-state index is -0.498. The smallest absolute Gasteiger partial charge is 0.311 e. The number of aromatic nitrogens is 2. The molecule has 3 aromatic heterocycles. The Hall–Kier alpha value is -6.54. The normalized spacial score (nSPS) is 11.0. The van der Waals surface area contributed by atoms with Gasteiger partial charge in [0, 0.05) is 38.7 Å². The molecule has 0 radical (unpaired) electrons. The molecule has 0 aliphatic carbocycles. The molecule has 5 aromatic carbocycles. The molecule has 8 rings (SSSR count). The summed E-state index contributed by atoms with van der Waals surface area (Å²) in [6.07, 6.45) is 0. The van der Waals surface area contributed by atoms with Crippen LogP contribution in [0.5, 0.6) is 11.5 Å². The lowest BCUT2D eigenvalue weighted by molar-refractivity contribution is -0.385. The number of nitro benzene ring substituents is 2. The predicted octanol–water partition coefficient (Wildman–Crippen LogP) is 10.00. The molecule has 0 spiro atoms. The van der Waals surface area contributed by atoms with Crippen molar-refractivity contribution >= 4 is 60.5 Å². The van der Waals surface area contributed by atoms with Crippen molar-refractivity contribution in [2.45, 2.75) is 0 Å². The molecule has 13 nitrogen and oxygen atoms in total. The van der Waals surface area contributed by atoms with Gasteiger partial charge in [0.1, 0.15) is 22.4 Å². The second kappa shape index (κ2) is 13.2. The lowest BCUT2D eigenvalue weighted by Gasteiger charge is -2.02. The average Bonchev–Trinajstić information content (AvgIpc) is 3.87. The second-order valence-corrected chi connectivity index (χ2v) is 11.7. The zero-order chi connectivity index (χ0) is 34.9. The number of fused-ring (bicyclic) bond motifs is 3. The Kier molecular flexibility index (Phi) is 8.43. The minimum absolute atomic E-state index is 0.126. The first-order chi connectivity index (χ1) is 24.2. The first-order valence-corrected chi connectivity index (χ1v) is 15.6. The Morgan fingerprint density at radius 2 is 1.14 bits per heavy atom. The number of oxazole rings is 2. The molecular formula is C36H23BrN4O9. The fourth-order valence-electron chi connectivity index (χ4n) is 5.28. The Bertz CT molecular complexity index is 2540. The Balaban J connectivity index is 0.000000166. The van der Waals surface area contributed by atoms with Crippen LogP contribution in [-0.4, -0.2) is 34.0 Å². The van der Waals surface area contributed by atoms with Crippen molar-refractivity contribution in [3.63, 3.8) is 0 Å². The summed E-state index contributed by atoms with van der Waals surface area (Å²) >= 11 is 3.36. The Morgan fingerprint density at radius 1 is 0.600 bits per heavy atom. The van der Waals surface area contributed by atoms with Crippen molar-refractivity contribution in [1.29, 1.82) is 0 Å². The van der Waals surface area contributed by atoms with Crippen LogP contribution in [0.15, 0.2) is 121 Å². The second-order valence-electron chi connectivity index (χ2n) is 10.8. The number of ether oxygens (including phenoxy) is 2. The summed E-state index contributed by atoms with van der Waals surface area (Å²) in [5.74, 6) is 1.74. The van der Waals surface area contributed by atoms with Gasteiger partial charge >= 0.3 is 11.4 Å². The van der Waals surface area contributed by atoms with Gasteiger partial charge in [0.05, 0.1) is 24.1 Å². The largest absolute Gasteiger partial charge is 0.490 e. The van der Waals surface area contributed by atoms with E-state index in [4.69, 9.17) is 22.7 Å². The highest BCUT2D eigenvalue weighted by Crippen LogP contribution is 2.36. The molecule has 0 saturated carbocycles. The van der Waals surface area contributed by atoms with Gasteiger partial charge in [-0.05, 0) is 72.8 Å². The third kappa shape index (κ3) is 6.22. The van der Waals surface area contributed by atoms with E-state index < -0.39 is 9.85 Å². The van der Waals surface area contributed by atoms with E-state index in [-0.39, 0.29) is 22.9 Å². The highest BCUT2D eigenvalue weighted by Gasteiger charge is 2.20. The number of hydrogen-bond acceptors (Lipinski definition) is 11. The molecule has 0 bridgehead atoms. The van der Waals surface area contributed by atoms with Gasteiger partial charge in [0.2, 0.25) is 11.8 Å². The first kappa shape index (κ1) is 32.0. The molecular weight excluding hydrogens is 712 g/mol. The summed E-state index contributed by atoms with van der Waals surface area (Å²) in [6.45, 7) is 0. The summed E-state index contributed by atoms with van der Waals surface area (Å²) in [4.78, 5) is 30.2. The molecule has 50 heavy (non-hydrogen) atoms. The number of para-hydroxylation sites is 1. The Labute approximate surface area is 290 Å². The quantitative estimate of drug-likeness (QED) is 0.113. The van der Waals surface area contributed by atoms with Crippen LogP contribution in [0, 0.1) is 20.2 Å². The van der Waals surface area contributed by atoms with Gasteiger partial charge in [0.15, 0.2) is 22.7 Å². The van der Waals surface area contributed by atoms with Gasteiger partial charge in [-0.25, -0.2) is 9.97 Å². The summed E-state index contributed by atoms with van der Waals surface area (Å²) < 4.78 is 28.2. The zero-order valence-corrected chi connectivity index (χ0v) is 27.7. The molecule has 8 aromatic rings. The van der Waals surface area contributed by atoms with E-state index in [1.165, 1.54) is 38.5 Å². The minimum Gasteiger partial charge on any atom is -0.490 e. The number of nitro groups is 2. The van der Waals surface area contributed by atoms with Crippen molar-refractivity contribution < 1.29 is 32.6 Å². The van der Waals surface area contributed by atoms with Crippen molar-refractivity contribution in [3.8, 4) is 45.7 Å². The fraction of sp³-hybridized carbons (Fsp3) is 0.0556. The highest BCUT2D eigenvalue weighted by atomic mass is 79.9. The van der Waals surface area contributed by atoms with E-state index in [2.05, 4.69) is 25.9 Å². The molecule has 0 N–H and O–H groups in total. The molecule has 0 atom stereocenters. The summed E-state index contributed by atoms with van der Waals surface area (Å²) in [5, 5.41) is 23.3. The molecule has 0 saturated heterocycles. The van der Waals surface area contributed by atoms with Crippen molar-refractivity contribution in [3.05, 3.63) is 128 Å². The standard InChI is InChI=1S/C22H14N2O5.C14H9BrN2O4/c1-27-20-9-7-15(11-17(20)24(25)26)22-23-16-10-14(6-8-19(16)29-22)21-12-13-4-2-3-5-18(13)28-21;1-20-13-4-2-8(6-11(13)17(18)19)14-16-10-7-9(15)3-5-12(10)21-14/h2-12H,1H3;2-7H,1H3. The molecule has 14 heteroatoms. The fourth-order valence-corrected chi connectivity index (χ4v) is 5.63. The average molecular weight is 736 g/mol. The van der Waals surface area contributed by atoms with E-state index in [1.807, 2.05) is 60.7 Å². The number of halogens is 1. The van der Waals surface area contributed by atoms with Gasteiger partial charge in [-0.1, -0.05) is 34.1 Å². The number of benzene rings is 5. The molecule has 248 valence electrons. The van der Waals surface area contributed by atoms with Crippen LogP contribution >= 0.6 is 15.9 Å². The summed E-state index contributed by atoms with van der Waals surface area (Å²) in [7, 11) is 2.78. The number of nitrogens with zero attached hydrogens (tertiary/aromatic N) is 4. The van der Waals surface area contributed by atoms with E-state index >= 15 is 0 Å². The van der Waals surface area contributed by atoms with Gasteiger partial charge in [-0.15, -0.1) is 0 Å². The van der Waals surface area contributed by atoms with Crippen LogP contribution in [-0.2, 0) is 0 Å². The maximum absolute atomic E-state index is 11.3. The lowest BCUT2D eigenvalue weighted by Crippen LogP contribution is -1.94. The topological polar surface area (TPSA) is 170 Å². The Morgan fingerprint density at radius 3 is 1.70 bits per heavy atom. The van der Waals surface area contributed by atoms with E-state index in [1.54, 1.807) is 18.2 Å². The third-order valence-corrected chi connectivity index (χ3v) is 8.19. The number of rotatable bonds is 7. The van der Waals surface area contributed by atoms with E-state index in [9.17, 15) is 20.2 Å². The highest BCUT2D eigenvalue weighted by molar-refractivity contribution is 9.10. The van der Waals surface area contributed by atoms with Crippen molar-refractivity contribution in [1.82, 2.24) is 9.97 Å². The van der Waals surface area contributed by atoms with Gasteiger partial charge < -0.3 is 22.7 Å². The molecule has 3 heterocycles. The van der Waals surface area contributed by atoms with Crippen LogP contribution < -0.4 is 9.47 Å². The van der Waals surface area contributed by atoms with Crippen molar-refractivity contribution in [2.24, 2.45) is 0 Å². The SMILES string of the molecule is COc1ccc(-c2nc3cc(-c4cc5ccccc5o4)ccc3o2)cc1[N+](=O)[O-].COc1ccc(-c2nc3cc(Br)ccc3o2)cc1[N+](=O)[O-]. The van der Waals surface area contributed by atoms with Crippen LogP contribution in [0.1, 0.15) is 0 Å². The van der Waals surface area contributed by atoms with E-state index in [0.29, 0.717) is 45.1 Å². The molecule has 0 unspecified atom stereocenters. The lowest BCUT2D eigenvalue weighted by atomic mass is 10.1. The zero-order valence-electron chi connectivity index (χ0n) is 26.2. The van der Waals surface area contributed by atoms with Crippen LogP contribution in [0.2, 0.25) is 0 Å². The van der Waals surface area contributed by atoms with Crippen LogP contribution in [0.3, 0.4) is 0 Å². The first-order valence-electron chi connectivity index (χ1n) is 14.8. The maximum Gasteiger partial charge on any atom is 0.311 e. The monoisotopic (exact) mass is 734 g/mol. The number of methoxy groups -OCH3 is 2. The van der Waals surface area contributed by atoms with E-state index in [0.717, 1.165) is 26.8 Å². The third-order valence-electron chi connectivity index (χ3n) is 7.69. The van der Waals surface area contributed by atoms with Crippen LogP contribution in [0.25, 0.3) is 67.4 Å². The number of furan rings is 1. The summed E-state index contributed by atoms with van der Waals surface area (Å²) in [5.41, 5.74) is 4.95. The maximum atomic E-state index is 11.3. The van der Waals surface area contributed by atoms with Crippen LogP contribution in [0.4, 0.5) is 11.4 Å². The molecule has 0 fully saturated rings. The molecule has 0 amide bonds.